The standard InChI is InChI=1S/C4H6O2.C4H8O2/c1-4(6)2-3-5;1-3(2)4(5)6/h3H,2H2,1H3;3H,1-2H3,(H,5,6). The molecule has 0 aromatic rings. The lowest BCUT2D eigenvalue weighted by Gasteiger charge is -1.89. The molecule has 0 aliphatic rings. The number of carboxylic acids is 1. The van der Waals surface area contributed by atoms with Crippen LogP contribution in [0.15, 0.2) is 0 Å². The fourth-order valence-electron chi connectivity index (χ4n) is 0.117. The Balaban J connectivity index is 0. The van der Waals surface area contributed by atoms with Gasteiger partial charge in [-0.2, -0.15) is 0 Å². The highest BCUT2D eigenvalue weighted by Crippen LogP contribution is 1.87. The van der Waals surface area contributed by atoms with Crippen molar-refractivity contribution in [2.45, 2.75) is 27.2 Å². The van der Waals surface area contributed by atoms with Crippen LogP contribution in [0, 0.1) is 5.92 Å². The second-order valence-electron chi connectivity index (χ2n) is 2.57. The van der Waals surface area contributed by atoms with Crippen LogP contribution in [-0.2, 0) is 14.4 Å². The van der Waals surface area contributed by atoms with E-state index in [2.05, 4.69) is 0 Å². The number of rotatable bonds is 3. The highest BCUT2D eigenvalue weighted by molar-refractivity contribution is 5.87. The second kappa shape index (κ2) is 7.91. The summed E-state index contributed by atoms with van der Waals surface area (Å²) in [5.41, 5.74) is 0. The quantitative estimate of drug-likeness (QED) is 0.509. The number of carbonyl (C=O) groups is 3. The Morgan fingerprint density at radius 3 is 1.75 bits per heavy atom. The molecule has 70 valence electrons. The van der Waals surface area contributed by atoms with E-state index in [-0.39, 0.29) is 18.1 Å². The number of hydrogen-bond donors (Lipinski definition) is 1. The van der Waals surface area contributed by atoms with Crippen molar-refractivity contribution < 1.29 is 19.5 Å². The first-order valence-electron chi connectivity index (χ1n) is 3.57. The van der Waals surface area contributed by atoms with Gasteiger partial charge in [0.25, 0.3) is 0 Å². The maximum atomic E-state index is 9.81. The molecule has 0 radical (unpaired) electrons. The van der Waals surface area contributed by atoms with Crippen LogP contribution >= 0.6 is 0 Å². The number of aldehydes is 1. The van der Waals surface area contributed by atoms with Crippen molar-refractivity contribution in [3.8, 4) is 0 Å². The van der Waals surface area contributed by atoms with Gasteiger partial charge in [-0.1, -0.05) is 13.8 Å². The molecule has 1 N–H and O–H groups in total. The average Bonchev–Trinajstić information content (AvgIpc) is 1.87. The summed E-state index contributed by atoms with van der Waals surface area (Å²) in [7, 11) is 0. The number of carboxylic acid groups (broad SMARTS) is 1. The Kier molecular flexibility index (Phi) is 8.84. The van der Waals surface area contributed by atoms with Crippen LogP contribution in [0.4, 0.5) is 0 Å². The monoisotopic (exact) mass is 174 g/mol. The van der Waals surface area contributed by atoms with Gasteiger partial charge in [-0.3, -0.25) is 9.59 Å². The molecule has 0 fully saturated rings. The van der Waals surface area contributed by atoms with E-state index in [0.717, 1.165) is 0 Å². The summed E-state index contributed by atoms with van der Waals surface area (Å²) >= 11 is 0. The predicted octanol–water partition coefficient (Wildman–Crippen LogP) is 0.891. The lowest BCUT2D eigenvalue weighted by molar-refractivity contribution is -0.140. The minimum atomic E-state index is -0.741. The molecule has 0 heterocycles. The summed E-state index contributed by atoms with van der Waals surface area (Å²) < 4.78 is 0. The van der Waals surface area contributed by atoms with E-state index in [0.29, 0.717) is 6.29 Å². The van der Waals surface area contributed by atoms with Gasteiger partial charge >= 0.3 is 5.97 Å². The van der Waals surface area contributed by atoms with Gasteiger partial charge in [0.2, 0.25) is 0 Å². The Morgan fingerprint density at radius 2 is 1.75 bits per heavy atom. The first-order chi connectivity index (χ1) is 5.41. The SMILES string of the molecule is CC(=O)CC=O.CC(C)C(=O)O. The van der Waals surface area contributed by atoms with Crippen LogP contribution in [0.25, 0.3) is 0 Å². The molecular weight excluding hydrogens is 160 g/mol. The van der Waals surface area contributed by atoms with E-state index in [1.165, 1.54) is 6.92 Å². The number of carbonyl (C=O) groups excluding carboxylic acids is 2. The van der Waals surface area contributed by atoms with E-state index in [9.17, 15) is 14.4 Å². The number of aliphatic carboxylic acids is 1. The normalized spacial score (nSPS) is 8.33. The molecule has 0 aliphatic heterocycles. The Morgan fingerprint density at radius 1 is 1.42 bits per heavy atom. The Hall–Kier alpha value is -1.19. The van der Waals surface area contributed by atoms with E-state index in [1.807, 2.05) is 0 Å². The summed E-state index contributed by atoms with van der Waals surface area (Å²) in [5, 5.41) is 7.99. The molecule has 12 heavy (non-hydrogen) atoms. The third-order valence-corrected chi connectivity index (χ3v) is 0.865. The maximum absolute atomic E-state index is 9.81. The molecule has 0 unspecified atom stereocenters. The number of Topliss-reactive ketones (excluding diaryl/α,β-unsaturated/α-hetero) is 1. The summed E-state index contributed by atoms with van der Waals surface area (Å²) in [4.78, 5) is 28.9. The van der Waals surface area contributed by atoms with E-state index >= 15 is 0 Å². The van der Waals surface area contributed by atoms with Gasteiger partial charge in [0.1, 0.15) is 12.1 Å². The lowest BCUT2D eigenvalue weighted by atomic mass is 10.2. The van der Waals surface area contributed by atoms with Gasteiger partial charge in [-0.15, -0.1) is 0 Å². The van der Waals surface area contributed by atoms with Crippen molar-refractivity contribution in [3.05, 3.63) is 0 Å². The van der Waals surface area contributed by atoms with Crippen molar-refractivity contribution in [2.24, 2.45) is 5.92 Å². The van der Waals surface area contributed by atoms with E-state index in [4.69, 9.17) is 5.11 Å². The van der Waals surface area contributed by atoms with Gasteiger partial charge in [-0.25, -0.2) is 0 Å². The van der Waals surface area contributed by atoms with Gasteiger partial charge < -0.3 is 9.90 Å². The highest BCUT2D eigenvalue weighted by atomic mass is 16.4. The smallest absolute Gasteiger partial charge is 0.305 e. The Bertz CT molecular complexity index is 160. The minimum Gasteiger partial charge on any atom is -0.481 e. The molecule has 0 spiro atoms. The Labute approximate surface area is 71.6 Å². The maximum Gasteiger partial charge on any atom is 0.305 e. The van der Waals surface area contributed by atoms with Gasteiger partial charge in [0.15, 0.2) is 0 Å². The van der Waals surface area contributed by atoms with Crippen LogP contribution in [-0.4, -0.2) is 23.1 Å². The molecule has 0 saturated carbocycles. The first kappa shape index (κ1) is 13.4. The van der Waals surface area contributed by atoms with Gasteiger partial charge in [0.05, 0.1) is 12.3 Å². The number of hydrogen-bond acceptors (Lipinski definition) is 3. The molecule has 4 nitrogen and oxygen atoms in total. The van der Waals surface area contributed by atoms with Crippen molar-refractivity contribution in [2.75, 3.05) is 0 Å². The van der Waals surface area contributed by atoms with Crippen molar-refractivity contribution in [3.63, 3.8) is 0 Å². The van der Waals surface area contributed by atoms with Crippen LogP contribution in [0.5, 0.6) is 0 Å². The molecule has 4 heteroatoms. The molecule has 0 bridgehead atoms. The van der Waals surface area contributed by atoms with E-state index in [1.54, 1.807) is 13.8 Å². The van der Waals surface area contributed by atoms with Gasteiger partial charge in [0, 0.05) is 0 Å². The molecule has 0 aliphatic carbocycles. The third kappa shape index (κ3) is 15.9. The topological polar surface area (TPSA) is 71.4 Å². The van der Waals surface area contributed by atoms with E-state index < -0.39 is 5.97 Å². The summed E-state index contributed by atoms with van der Waals surface area (Å²) in [6, 6.07) is 0. The van der Waals surface area contributed by atoms with Gasteiger partial charge in [-0.05, 0) is 6.92 Å². The predicted molar refractivity (Wildman–Crippen MR) is 43.8 cm³/mol. The van der Waals surface area contributed by atoms with Crippen LogP contribution < -0.4 is 0 Å². The molecule has 0 rings (SSSR count). The zero-order valence-corrected chi connectivity index (χ0v) is 7.53. The summed E-state index contributed by atoms with van der Waals surface area (Å²) in [6.45, 7) is 4.67. The minimum absolute atomic E-state index is 0.0556. The fraction of sp³-hybridized carbons (Fsp3) is 0.625. The second-order valence-corrected chi connectivity index (χ2v) is 2.57. The molecular formula is C8H14O4. The molecule has 0 atom stereocenters. The van der Waals surface area contributed by atoms with Crippen LogP contribution in [0.1, 0.15) is 27.2 Å². The summed E-state index contributed by atoms with van der Waals surface area (Å²) in [5.74, 6) is -1.05. The third-order valence-electron chi connectivity index (χ3n) is 0.865. The van der Waals surface area contributed by atoms with Crippen molar-refractivity contribution in [1.82, 2.24) is 0 Å². The first-order valence-corrected chi connectivity index (χ1v) is 3.57. The zero-order chi connectivity index (χ0) is 10.1. The molecule has 0 aromatic carbocycles. The van der Waals surface area contributed by atoms with Crippen LogP contribution in [0.2, 0.25) is 0 Å². The van der Waals surface area contributed by atoms with Crippen molar-refractivity contribution >= 4 is 18.0 Å². The molecule has 0 aromatic heterocycles. The van der Waals surface area contributed by atoms with Crippen molar-refractivity contribution in [1.29, 1.82) is 0 Å². The molecule has 0 saturated heterocycles. The lowest BCUT2D eigenvalue weighted by Crippen LogP contribution is -2.03. The largest absolute Gasteiger partial charge is 0.481 e. The average molecular weight is 174 g/mol. The molecule has 0 amide bonds. The zero-order valence-electron chi connectivity index (χ0n) is 7.53. The summed E-state index contributed by atoms with van der Waals surface area (Å²) in [6.07, 6.45) is 0.655. The fourth-order valence-corrected chi connectivity index (χ4v) is 0.117. The number of ketones is 1. The highest BCUT2D eigenvalue weighted by Gasteiger charge is 1.99. The van der Waals surface area contributed by atoms with Crippen LogP contribution in [0.3, 0.4) is 0 Å².